The lowest BCUT2D eigenvalue weighted by Crippen LogP contribution is -2.22. The lowest BCUT2D eigenvalue weighted by molar-refractivity contribution is 0.504. The molecule has 2 nitrogen and oxygen atoms in total. The first-order valence-corrected chi connectivity index (χ1v) is 7.30. The summed E-state index contributed by atoms with van der Waals surface area (Å²) in [7, 11) is 2.03. The summed E-state index contributed by atoms with van der Waals surface area (Å²) in [6.07, 6.45) is 2.96. The van der Waals surface area contributed by atoms with Gasteiger partial charge in [0.2, 0.25) is 0 Å². The molecule has 2 aromatic rings. The monoisotopic (exact) mass is 260 g/mol. The van der Waals surface area contributed by atoms with Gasteiger partial charge < -0.3 is 5.32 Å². The SMILES string of the molecule is CCc1ccsc1C(NC)C(C)c1ccccn1. The Morgan fingerprint density at radius 3 is 2.78 bits per heavy atom. The highest BCUT2D eigenvalue weighted by atomic mass is 32.1. The number of aromatic nitrogens is 1. The van der Waals surface area contributed by atoms with Crippen LogP contribution in [0.2, 0.25) is 0 Å². The maximum atomic E-state index is 4.48. The standard InChI is InChI=1S/C15H20N2S/c1-4-12-8-10-18-15(12)14(16-3)11(2)13-7-5-6-9-17-13/h5-11,14,16H,4H2,1-3H3. The van der Waals surface area contributed by atoms with Crippen molar-refractivity contribution in [1.82, 2.24) is 10.3 Å². The maximum absolute atomic E-state index is 4.48. The van der Waals surface area contributed by atoms with Gasteiger partial charge in [-0.05, 0) is 42.6 Å². The van der Waals surface area contributed by atoms with Gasteiger partial charge in [0, 0.05) is 28.7 Å². The van der Waals surface area contributed by atoms with E-state index in [0.717, 1.165) is 12.1 Å². The van der Waals surface area contributed by atoms with Crippen molar-refractivity contribution in [2.45, 2.75) is 32.2 Å². The van der Waals surface area contributed by atoms with Gasteiger partial charge in [-0.2, -0.15) is 0 Å². The van der Waals surface area contributed by atoms with E-state index >= 15 is 0 Å². The Hall–Kier alpha value is -1.19. The zero-order chi connectivity index (χ0) is 13.0. The molecule has 0 saturated heterocycles. The van der Waals surface area contributed by atoms with Crippen LogP contribution in [0.3, 0.4) is 0 Å². The Bertz CT molecular complexity index is 478. The molecule has 0 amide bonds. The van der Waals surface area contributed by atoms with Crippen LogP contribution < -0.4 is 5.32 Å². The molecular weight excluding hydrogens is 240 g/mol. The fourth-order valence-electron chi connectivity index (χ4n) is 2.34. The highest BCUT2D eigenvalue weighted by Crippen LogP contribution is 2.34. The highest BCUT2D eigenvalue weighted by Gasteiger charge is 2.23. The van der Waals surface area contributed by atoms with Gasteiger partial charge in [0.1, 0.15) is 0 Å². The summed E-state index contributed by atoms with van der Waals surface area (Å²) in [6, 6.07) is 8.70. The van der Waals surface area contributed by atoms with Gasteiger partial charge in [0.05, 0.1) is 0 Å². The third kappa shape index (κ3) is 2.62. The molecule has 3 heteroatoms. The van der Waals surface area contributed by atoms with Gasteiger partial charge >= 0.3 is 0 Å². The van der Waals surface area contributed by atoms with Crippen LogP contribution in [0.15, 0.2) is 35.8 Å². The van der Waals surface area contributed by atoms with Crippen LogP contribution in [-0.2, 0) is 6.42 Å². The summed E-state index contributed by atoms with van der Waals surface area (Å²) in [6.45, 7) is 4.45. The molecule has 0 bridgehead atoms. The van der Waals surface area contributed by atoms with Gasteiger partial charge in [-0.1, -0.05) is 19.9 Å². The van der Waals surface area contributed by atoms with Crippen molar-refractivity contribution >= 4 is 11.3 Å². The summed E-state index contributed by atoms with van der Waals surface area (Å²) in [5, 5.41) is 5.63. The second kappa shape index (κ2) is 6.12. The number of pyridine rings is 1. The van der Waals surface area contributed by atoms with Crippen molar-refractivity contribution < 1.29 is 0 Å². The average molecular weight is 260 g/mol. The van der Waals surface area contributed by atoms with Gasteiger partial charge in [-0.3, -0.25) is 4.98 Å². The molecule has 0 aliphatic carbocycles. The molecule has 1 N–H and O–H groups in total. The molecule has 2 aromatic heterocycles. The van der Waals surface area contributed by atoms with Crippen LogP contribution in [0.4, 0.5) is 0 Å². The first-order valence-electron chi connectivity index (χ1n) is 6.42. The van der Waals surface area contributed by atoms with Crippen molar-refractivity contribution in [3.05, 3.63) is 52.0 Å². The lowest BCUT2D eigenvalue weighted by Gasteiger charge is -2.23. The van der Waals surface area contributed by atoms with E-state index in [4.69, 9.17) is 0 Å². The van der Waals surface area contributed by atoms with Gasteiger partial charge in [-0.15, -0.1) is 11.3 Å². The summed E-state index contributed by atoms with van der Waals surface area (Å²) in [5.74, 6) is 0.375. The van der Waals surface area contributed by atoms with E-state index in [1.807, 2.05) is 30.6 Å². The Kier molecular flexibility index (Phi) is 4.50. The second-order valence-electron chi connectivity index (χ2n) is 4.47. The molecule has 0 fully saturated rings. The van der Waals surface area contributed by atoms with E-state index < -0.39 is 0 Å². The zero-order valence-corrected chi connectivity index (χ0v) is 12.0. The Morgan fingerprint density at radius 2 is 2.17 bits per heavy atom. The van der Waals surface area contributed by atoms with Gasteiger partial charge in [0.25, 0.3) is 0 Å². The molecule has 0 saturated carbocycles. The Labute approximate surface area is 113 Å². The Balaban J connectivity index is 2.29. The van der Waals surface area contributed by atoms with Crippen LogP contribution in [-0.4, -0.2) is 12.0 Å². The molecule has 96 valence electrons. The van der Waals surface area contributed by atoms with Crippen molar-refractivity contribution in [1.29, 1.82) is 0 Å². The first kappa shape index (κ1) is 13.2. The van der Waals surface area contributed by atoms with Crippen molar-refractivity contribution in [3.63, 3.8) is 0 Å². The summed E-state index contributed by atoms with van der Waals surface area (Å²) in [5.41, 5.74) is 2.59. The second-order valence-corrected chi connectivity index (χ2v) is 5.42. The quantitative estimate of drug-likeness (QED) is 0.885. The number of thiophene rings is 1. The van der Waals surface area contributed by atoms with E-state index in [2.05, 4.69) is 47.7 Å². The summed E-state index contributed by atoms with van der Waals surface area (Å²) in [4.78, 5) is 5.92. The molecule has 0 spiro atoms. The van der Waals surface area contributed by atoms with Crippen molar-refractivity contribution in [3.8, 4) is 0 Å². The number of nitrogens with one attached hydrogen (secondary N) is 1. The number of aryl methyl sites for hydroxylation is 1. The fourth-order valence-corrected chi connectivity index (χ4v) is 3.55. The van der Waals surface area contributed by atoms with Crippen molar-refractivity contribution in [2.24, 2.45) is 0 Å². The minimum atomic E-state index is 0.342. The van der Waals surface area contributed by atoms with E-state index in [-0.39, 0.29) is 0 Å². The minimum Gasteiger partial charge on any atom is -0.312 e. The summed E-state index contributed by atoms with van der Waals surface area (Å²) < 4.78 is 0. The number of hydrogen-bond acceptors (Lipinski definition) is 3. The smallest absolute Gasteiger partial charge is 0.0497 e. The Morgan fingerprint density at radius 1 is 1.33 bits per heavy atom. The number of likely N-dealkylation sites (N-methyl/N-ethyl adjacent to an activating group) is 1. The molecular formula is C15H20N2S. The zero-order valence-electron chi connectivity index (χ0n) is 11.2. The van der Waals surface area contributed by atoms with Gasteiger partial charge in [-0.25, -0.2) is 0 Å². The molecule has 0 aliphatic rings. The first-order chi connectivity index (χ1) is 8.77. The van der Waals surface area contributed by atoms with Crippen LogP contribution in [0, 0.1) is 0 Å². The fraction of sp³-hybridized carbons (Fsp3) is 0.400. The number of nitrogens with zero attached hydrogens (tertiary/aromatic N) is 1. The average Bonchev–Trinajstić information content (AvgIpc) is 2.89. The van der Waals surface area contributed by atoms with Crippen LogP contribution in [0.25, 0.3) is 0 Å². The third-order valence-electron chi connectivity index (χ3n) is 3.41. The molecule has 2 rings (SSSR count). The molecule has 0 aromatic carbocycles. The molecule has 2 atom stereocenters. The number of hydrogen-bond donors (Lipinski definition) is 1. The molecule has 18 heavy (non-hydrogen) atoms. The highest BCUT2D eigenvalue weighted by molar-refractivity contribution is 7.10. The molecule has 0 aliphatic heterocycles. The normalized spacial score (nSPS) is 14.4. The minimum absolute atomic E-state index is 0.342. The van der Waals surface area contributed by atoms with Crippen LogP contribution in [0.5, 0.6) is 0 Å². The summed E-state index contributed by atoms with van der Waals surface area (Å²) >= 11 is 1.84. The number of rotatable bonds is 5. The largest absolute Gasteiger partial charge is 0.312 e. The topological polar surface area (TPSA) is 24.9 Å². The molecule has 0 radical (unpaired) electrons. The van der Waals surface area contributed by atoms with Gasteiger partial charge in [0.15, 0.2) is 0 Å². The third-order valence-corrected chi connectivity index (χ3v) is 4.45. The van der Waals surface area contributed by atoms with Crippen LogP contribution in [0.1, 0.15) is 41.9 Å². The maximum Gasteiger partial charge on any atom is 0.0497 e. The predicted octanol–water partition coefficient (Wildman–Crippen LogP) is 3.77. The lowest BCUT2D eigenvalue weighted by atomic mass is 9.94. The van der Waals surface area contributed by atoms with Crippen molar-refractivity contribution in [2.75, 3.05) is 7.05 Å². The predicted molar refractivity (Wildman–Crippen MR) is 78.1 cm³/mol. The molecule has 2 heterocycles. The molecule has 2 unspecified atom stereocenters. The van der Waals surface area contributed by atoms with E-state index in [1.54, 1.807) is 0 Å². The van der Waals surface area contributed by atoms with E-state index in [9.17, 15) is 0 Å². The van der Waals surface area contributed by atoms with E-state index in [1.165, 1.54) is 10.4 Å². The van der Waals surface area contributed by atoms with Crippen LogP contribution >= 0.6 is 11.3 Å². The van der Waals surface area contributed by atoms with E-state index in [0.29, 0.717) is 12.0 Å².